The molecule has 1 aromatic heterocycles. The van der Waals surface area contributed by atoms with Crippen molar-refractivity contribution in [2.45, 2.75) is 32.7 Å². The van der Waals surface area contributed by atoms with E-state index in [2.05, 4.69) is 43.0 Å². The fourth-order valence-electron chi connectivity index (χ4n) is 4.07. The Morgan fingerprint density at radius 2 is 1.72 bits per heavy atom. The molecule has 0 aliphatic carbocycles. The smallest absolute Gasteiger partial charge is 0.344 e. The Balaban J connectivity index is 1.58. The lowest BCUT2D eigenvalue weighted by atomic mass is 9.98. The summed E-state index contributed by atoms with van der Waals surface area (Å²) in [5.74, 6) is 1.33. The number of anilines is 1. The molecule has 0 fully saturated rings. The first-order valence-electron chi connectivity index (χ1n) is 10.1. The number of ether oxygens (including phenoxy) is 1. The zero-order valence-corrected chi connectivity index (χ0v) is 16.6. The molecule has 3 aromatic carbocycles. The summed E-state index contributed by atoms with van der Waals surface area (Å²) in [5.41, 5.74) is 3.67. The highest BCUT2D eigenvalue weighted by Gasteiger charge is 2.23. The molecule has 1 aliphatic heterocycles. The van der Waals surface area contributed by atoms with Crippen LogP contribution in [-0.4, -0.2) is 6.73 Å². The highest BCUT2D eigenvalue weighted by molar-refractivity contribution is 6.05. The van der Waals surface area contributed by atoms with Crippen molar-refractivity contribution in [1.29, 1.82) is 0 Å². The van der Waals surface area contributed by atoms with Crippen molar-refractivity contribution in [2.24, 2.45) is 0 Å². The van der Waals surface area contributed by atoms with Gasteiger partial charge in [0.15, 0.2) is 6.73 Å². The van der Waals surface area contributed by atoms with Gasteiger partial charge in [0, 0.05) is 11.1 Å². The Labute approximate surface area is 169 Å². The molecule has 0 saturated heterocycles. The van der Waals surface area contributed by atoms with Crippen molar-refractivity contribution in [1.82, 2.24) is 0 Å². The lowest BCUT2D eigenvalue weighted by Gasteiger charge is -2.31. The molecule has 0 spiro atoms. The van der Waals surface area contributed by atoms with Gasteiger partial charge in [-0.2, -0.15) is 0 Å². The summed E-state index contributed by atoms with van der Waals surface area (Å²) in [5, 5.41) is 2.46. The molecule has 1 aliphatic rings. The van der Waals surface area contributed by atoms with Crippen LogP contribution in [0, 0.1) is 0 Å². The highest BCUT2D eigenvalue weighted by atomic mass is 16.5. The molecule has 0 radical (unpaired) electrons. The molecular weight excluding hydrogens is 362 g/mol. The number of nitrogens with zero attached hydrogens (tertiary/aromatic N) is 1. The topological polar surface area (TPSA) is 42.7 Å². The Kier molecular flexibility index (Phi) is 4.27. The molecule has 4 nitrogen and oxygen atoms in total. The van der Waals surface area contributed by atoms with Crippen LogP contribution in [0.5, 0.6) is 5.75 Å². The summed E-state index contributed by atoms with van der Waals surface area (Å²) in [6.45, 7) is 5.56. The zero-order valence-electron chi connectivity index (χ0n) is 16.6. The predicted octanol–water partition coefficient (Wildman–Crippen LogP) is 5.82. The molecule has 0 amide bonds. The van der Waals surface area contributed by atoms with E-state index in [1.165, 1.54) is 5.56 Å². The summed E-state index contributed by atoms with van der Waals surface area (Å²) < 4.78 is 11.8. The number of hydrogen-bond donors (Lipinski definition) is 0. The molecule has 4 aromatic rings. The second kappa shape index (κ2) is 6.96. The van der Waals surface area contributed by atoms with Crippen molar-refractivity contribution >= 4 is 27.4 Å². The minimum atomic E-state index is -0.309. The van der Waals surface area contributed by atoms with Gasteiger partial charge in [-0.1, -0.05) is 44.2 Å². The standard InChI is InChI=1S/C25H23NO3/c1-3-16(2)17-8-10-18(11-9-17)26-14-22-23(28-15-26)13-12-20-19-6-4-5-7-21(19)25(27)29-24(20)22/h4-13,16H,3,14-15H2,1-2H3. The number of hydrogen-bond acceptors (Lipinski definition) is 4. The largest absolute Gasteiger partial charge is 0.473 e. The van der Waals surface area contributed by atoms with Crippen LogP contribution in [0.3, 0.4) is 0 Å². The molecule has 1 atom stereocenters. The Bertz CT molecular complexity index is 1260. The Morgan fingerprint density at radius 1 is 0.966 bits per heavy atom. The minimum Gasteiger partial charge on any atom is -0.473 e. The van der Waals surface area contributed by atoms with Gasteiger partial charge in [0.1, 0.15) is 11.3 Å². The number of fused-ring (bicyclic) bond motifs is 5. The summed E-state index contributed by atoms with van der Waals surface area (Å²) >= 11 is 0. The van der Waals surface area contributed by atoms with Crippen LogP contribution in [0.4, 0.5) is 5.69 Å². The quantitative estimate of drug-likeness (QED) is 0.329. The maximum atomic E-state index is 12.5. The SMILES string of the molecule is CCC(C)c1ccc(N2COc3ccc4c(oc(=O)c5ccccc54)c3C2)cc1. The van der Waals surface area contributed by atoms with E-state index in [9.17, 15) is 4.79 Å². The van der Waals surface area contributed by atoms with Gasteiger partial charge in [-0.25, -0.2) is 4.79 Å². The molecule has 5 rings (SSSR count). The number of benzene rings is 3. The maximum absolute atomic E-state index is 12.5. The Morgan fingerprint density at radius 3 is 2.48 bits per heavy atom. The van der Waals surface area contributed by atoms with Crippen LogP contribution >= 0.6 is 0 Å². The van der Waals surface area contributed by atoms with E-state index in [0.29, 0.717) is 30.2 Å². The monoisotopic (exact) mass is 385 g/mol. The molecule has 0 saturated carbocycles. The van der Waals surface area contributed by atoms with E-state index in [1.807, 2.05) is 36.4 Å². The molecule has 4 heteroatoms. The van der Waals surface area contributed by atoms with Gasteiger partial charge in [0.2, 0.25) is 0 Å². The van der Waals surface area contributed by atoms with Crippen molar-refractivity contribution < 1.29 is 9.15 Å². The third kappa shape index (κ3) is 2.96. The molecule has 1 unspecified atom stereocenters. The van der Waals surface area contributed by atoms with Crippen LogP contribution in [0.25, 0.3) is 21.7 Å². The zero-order chi connectivity index (χ0) is 20.0. The summed E-state index contributed by atoms with van der Waals surface area (Å²) in [6.07, 6.45) is 1.12. The van der Waals surface area contributed by atoms with Crippen LogP contribution < -0.4 is 15.3 Å². The van der Waals surface area contributed by atoms with Gasteiger partial charge in [0.25, 0.3) is 0 Å². The molecule has 2 heterocycles. The molecule has 0 N–H and O–H groups in total. The van der Waals surface area contributed by atoms with Crippen molar-refractivity contribution in [2.75, 3.05) is 11.6 Å². The van der Waals surface area contributed by atoms with Crippen LogP contribution in [0.15, 0.2) is 69.9 Å². The van der Waals surface area contributed by atoms with Crippen LogP contribution in [0.2, 0.25) is 0 Å². The van der Waals surface area contributed by atoms with E-state index >= 15 is 0 Å². The van der Waals surface area contributed by atoms with E-state index in [0.717, 1.165) is 34.2 Å². The first kappa shape index (κ1) is 17.8. The highest BCUT2D eigenvalue weighted by Crippen LogP contribution is 2.36. The fourth-order valence-corrected chi connectivity index (χ4v) is 4.07. The molecule has 29 heavy (non-hydrogen) atoms. The van der Waals surface area contributed by atoms with Gasteiger partial charge in [-0.15, -0.1) is 0 Å². The third-order valence-corrected chi connectivity index (χ3v) is 6.01. The molecular formula is C25H23NO3. The summed E-state index contributed by atoms with van der Waals surface area (Å²) in [7, 11) is 0. The lowest BCUT2D eigenvalue weighted by molar-refractivity contribution is 0.289. The predicted molar refractivity (Wildman–Crippen MR) is 117 cm³/mol. The molecule has 146 valence electrons. The van der Waals surface area contributed by atoms with Crippen LogP contribution in [-0.2, 0) is 6.54 Å². The van der Waals surface area contributed by atoms with E-state index in [1.54, 1.807) is 0 Å². The van der Waals surface area contributed by atoms with Crippen molar-refractivity contribution in [3.05, 3.63) is 82.2 Å². The van der Waals surface area contributed by atoms with Gasteiger partial charge in [-0.05, 0) is 53.6 Å². The summed E-state index contributed by atoms with van der Waals surface area (Å²) in [6, 6.07) is 20.2. The Hall–Kier alpha value is -3.27. The maximum Gasteiger partial charge on any atom is 0.344 e. The van der Waals surface area contributed by atoms with Crippen molar-refractivity contribution in [3.63, 3.8) is 0 Å². The summed E-state index contributed by atoms with van der Waals surface area (Å²) in [4.78, 5) is 14.7. The van der Waals surface area contributed by atoms with E-state index in [-0.39, 0.29) is 5.63 Å². The average Bonchev–Trinajstić information content (AvgIpc) is 2.78. The van der Waals surface area contributed by atoms with E-state index < -0.39 is 0 Å². The van der Waals surface area contributed by atoms with Gasteiger partial charge in [0.05, 0.1) is 17.5 Å². The fraction of sp³-hybridized carbons (Fsp3) is 0.240. The first-order valence-corrected chi connectivity index (χ1v) is 10.1. The van der Waals surface area contributed by atoms with E-state index in [4.69, 9.17) is 9.15 Å². The normalized spacial score (nSPS) is 14.6. The third-order valence-electron chi connectivity index (χ3n) is 6.01. The lowest BCUT2D eigenvalue weighted by Crippen LogP contribution is -2.32. The van der Waals surface area contributed by atoms with Gasteiger partial charge >= 0.3 is 5.63 Å². The minimum absolute atomic E-state index is 0.309. The number of rotatable bonds is 3. The average molecular weight is 385 g/mol. The van der Waals surface area contributed by atoms with Gasteiger partial charge < -0.3 is 14.1 Å². The van der Waals surface area contributed by atoms with Gasteiger partial charge in [-0.3, -0.25) is 0 Å². The van der Waals surface area contributed by atoms with Crippen molar-refractivity contribution in [3.8, 4) is 5.75 Å². The van der Waals surface area contributed by atoms with Crippen LogP contribution in [0.1, 0.15) is 37.3 Å². The first-order chi connectivity index (χ1) is 14.2. The second-order valence-corrected chi connectivity index (χ2v) is 7.73. The molecule has 0 bridgehead atoms. The second-order valence-electron chi connectivity index (χ2n) is 7.73.